The zero-order valence-corrected chi connectivity index (χ0v) is 17.7. The van der Waals surface area contributed by atoms with Crippen LogP contribution in [0.2, 0.25) is 0 Å². The van der Waals surface area contributed by atoms with Crippen molar-refractivity contribution >= 4 is 0 Å². The van der Waals surface area contributed by atoms with E-state index in [0.717, 1.165) is 50.6 Å². The molecule has 2 heterocycles. The molecule has 1 aromatic carbocycles. The van der Waals surface area contributed by atoms with Crippen LogP contribution in [-0.4, -0.2) is 48.6 Å². The summed E-state index contributed by atoms with van der Waals surface area (Å²) in [6.07, 6.45) is 4.52. The molecule has 1 aromatic heterocycles. The highest BCUT2D eigenvalue weighted by molar-refractivity contribution is 5.42. The lowest BCUT2D eigenvalue weighted by molar-refractivity contribution is 0.0677. The van der Waals surface area contributed by atoms with Crippen LogP contribution in [0.25, 0.3) is 0 Å². The second kappa shape index (κ2) is 8.97. The van der Waals surface area contributed by atoms with Crippen LogP contribution < -0.4 is 9.47 Å². The number of nitrogens with one attached hydrogen (secondary N) is 1. The third kappa shape index (κ3) is 5.06. The maximum atomic E-state index is 5.91. The molecule has 1 N–H and O–H groups in total. The minimum Gasteiger partial charge on any atom is -0.493 e. The fourth-order valence-corrected chi connectivity index (χ4v) is 3.82. The molecule has 0 amide bonds. The largest absolute Gasteiger partial charge is 0.493 e. The molecule has 1 aliphatic rings. The zero-order valence-electron chi connectivity index (χ0n) is 17.7. The molecule has 0 aliphatic carbocycles. The van der Waals surface area contributed by atoms with E-state index in [1.54, 1.807) is 14.2 Å². The fourth-order valence-electron chi connectivity index (χ4n) is 3.82. The first-order valence-electron chi connectivity index (χ1n) is 9.98. The smallest absolute Gasteiger partial charge is 0.161 e. The molecule has 1 fully saturated rings. The lowest BCUT2D eigenvalue weighted by Crippen LogP contribution is -2.32. The summed E-state index contributed by atoms with van der Waals surface area (Å²) >= 11 is 0. The van der Waals surface area contributed by atoms with Crippen molar-refractivity contribution in [3.05, 3.63) is 41.2 Å². The summed E-state index contributed by atoms with van der Waals surface area (Å²) in [4.78, 5) is 2.44. The molecule has 1 aliphatic heterocycles. The Morgan fingerprint density at radius 1 is 1.18 bits per heavy atom. The molecule has 2 aromatic rings. The summed E-state index contributed by atoms with van der Waals surface area (Å²) in [7, 11) is 3.33. The van der Waals surface area contributed by atoms with Crippen molar-refractivity contribution in [1.82, 2.24) is 15.1 Å². The van der Waals surface area contributed by atoms with E-state index in [-0.39, 0.29) is 5.41 Å². The Morgan fingerprint density at radius 3 is 2.61 bits per heavy atom. The normalized spacial score (nSPS) is 17.3. The van der Waals surface area contributed by atoms with Gasteiger partial charge >= 0.3 is 0 Å². The van der Waals surface area contributed by atoms with Crippen LogP contribution >= 0.6 is 0 Å². The van der Waals surface area contributed by atoms with Gasteiger partial charge in [0.05, 0.1) is 26.5 Å². The topological polar surface area (TPSA) is 59.6 Å². The van der Waals surface area contributed by atoms with E-state index in [0.29, 0.717) is 6.10 Å². The molecule has 1 atom stereocenters. The first-order chi connectivity index (χ1) is 13.4. The number of rotatable bonds is 8. The number of benzene rings is 1. The van der Waals surface area contributed by atoms with E-state index in [2.05, 4.69) is 48.0 Å². The maximum Gasteiger partial charge on any atom is 0.161 e. The monoisotopic (exact) mass is 387 g/mol. The molecule has 154 valence electrons. The highest BCUT2D eigenvalue weighted by Gasteiger charge is 2.24. The number of hydrogen-bond donors (Lipinski definition) is 1. The average Bonchev–Trinajstić information content (AvgIpc) is 3.33. The Balaban J connectivity index is 1.80. The third-order valence-electron chi connectivity index (χ3n) is 5.20. The predicted molar refractivity (Wildman–Crippen MR) is 110 cm³/mol. The number of methoxy groups -OCH3 is 2. The molecule has 6 nitrogen and oxygen atoms in total. The number of H-pyrrole nitrogens is 1. The predicted octanol–water partition coefficient (Wildman–Crippen LogP) is 3.91. The summed E-state index contributed by atoms with van der Waals surface area (Å²) in [6.45, 7) is 10.1. The number of nitrogens with zero attached hydrogens (tertiary/aromatic N) is 2. The first kappa shape index (κ1) is 20.7. The van der Waals surface area contributed by atoms with Crippen LogP contribution in [0.4, 0.5) is 0 Å². The molecule has 0 bridgehead atoms. The summed E-state index contributed by atoms with van der Waals surface area (Å²) in [5.74, 6) is 1.51. The molecule has 1 saturated heterocycles. The third-order valence-corrected chi connectivity index (χ3v) is 5.20. The van der Waals surface area contributed by atoms with Crippen LogP contribution in [0.5, 0.6) is 11.5 Å². The van der Waals surface area contributed by atoms with Gasteiger partial charge in [0.2, 0.25) is 0 Å². The number of aromatic nitrogens is 2. The minimum absolute atomic E-state index is 0.0324. The lowest BCUT2D eigenvalue weighted by Gasteiger charge is -2.27. The SMILES string of the molecule is COc1ccc(CN(Cc2cn[nH]c2C(C)(C)C)C[C@H]2CCCO2)cc1OC. The van der Waals surface area contributed by atoms with Crippen molar-refractivity contribution in [3.63, 3.8) is 0 Å². The van der Waals surface area contributed by atoms with Gasteiger partial charge in [-0.3, -0.25) is 10.00 Å². The number of hydrogen-bond acceptors (Lipinski definition) is 5. The van der Waals surface area contributed by atoms with E-state index >= 15 is 0 Å². The van der Waals surface area contributed by atoms with Crippen molar-refractivity contribution in [1.29, 1.82) is 0 Å². The van der Waals surface area contributed by atoms with E-state index in [9.17, 15) is 0 Å². The van der Waals surface area contributed by atoms with Gasteiger partial charge in [0, 0.05) is 42.9 Å². The van der Waals surface area contributed by atoms with Gasteiger partial charge in [-0.2, -0.15) is 5.10 Å². The van der Waals surface area contributed by atoms with E-state index in [1.165, 1.54) is 16.8 Å². The number of ether oxygens (including phenoxy) is 3. The second-order valence-electron chi connectivity index (χ2n) is 8.51. The lowest BCUT2D eigenvalue weighted by atomic mass is 9.89. The minimum atomic E-state index is 0.0324. The molecular weight excluding hydrogens is 354 g/mol. The molecular formula is C22H33N3O3. The zero-order chi connectivity index (χ0) is 20.1. The van der Waals surface area contributed by atoms with Gasteiger partial charge in [0.1, 0.15) is 0 Å². The highest BCUT2D eigenvalue weighted by Crippen LogP contribution is 2.29. The average molecular weight is 388 g/mol. The second-order valence-corrected chi connectivity index (χ2v) is 8.51. The van der Waals surface area contributed by atoms with E-state index in [4.69, 9.17) is 14.2 Å². The van der Waals surface area contributed by atoms with Crippen molar-refractivity contribution in [2.45, 2.75) is 58.2 Å². The van der Waals surface area contributed by atoms with Crippen molar-refractivity contribution in [2.24, 2.45) is 0 Å². The van der Waals surface area contributed by atoms with Gasteiger partial charge in [-0.05, 0) is 30.5 Å². The van der Waals surface area contributed by atoms with Gasteiger partial charge in [-0.15, -0.1) is 0 Å². The Hall–Kier alpha value is -2.05. The number of aromatic amines is 1. The molecule has 0 saturated carbocycles. The van der Waals surface area contributed by atoms with Crippen LogP contribution in [0, 0.1) is 0 Å². The maximum absolute atomic E-state index is 5.91. The highest BCUT2D eigenvalue weighted by atomic mass is 16.5. The Morgan fingerprint density at radius 2 is 1.96 bits per heavy atom. The van der Waals surface area contributed by atoms with Crippen LogP contribution in [0.1, 0.15) is 50.4 Å². The summed E-state index contributed by atoms with van der Waals surface area (Å²) < 4.78 is 16.8. The van der Waals surface area contributed by atoms with Crippen molar-refractivity contribution < 1.29 is 14.2 Å². The van der Waals surface area contributed by atoms with Crippen molar-refractivity contribution in [3.8, 4) is 11.5 Å². The van der Waals surface area contributed by atoms with Gasteiger partial charge < -0.3 is 14.2 Å². The Kier molecular flexibility index (Phi) is 6.62. The molecule has 6 heteroatoms. The van der Waals surface area contributed by atoms with Crippen LogP contribution in [0.15, 0.2) is 24.4 Å². The molecule has 0 radical (unpaired) electrons. The van der Waals surface area contributed by atoms with Crippen LogP contribution in [0.3, 0.4) is 0 Å². The summed E-state index contributed by atoms with van der Waals surface area (Å²) in [5.41, 5.74) is 3.66. The standard InChI is InChI=1S/C22H33N3O3/c1-22(2,3)21-17(12-23-24-21)14-25(15-18-7-6-10-28-18)13-16-8-9-19(26-4)20(11-16)27-5/h8-9,11-12,18H,6-7,10,13-15H2,1-5H3,(H,23,24)/t18-/m1/s1. The van der Waals surface area contributed by atoms with Gasteiger partial charge in [-0.1, -0.05) is 26.8 Å². The summed E-state index contributed by atoms with van der Waals surface area (Å²) in [5, 5.41) is 7.51. The quantitative estimate of drug-likeness (QED) is 0.744. The Bertz CT molecular complexity index is 761. The molecule has 0 unspecified atom stereocenters. The molecule has 28 heavy (non-hydrogen) atoms. The van der Waals surface area contributed by atoms with Gasteiger partial charge in [0.15, 0.2) is 11.5 Å². The van der Waals surface area contributed by atoms with E-state index in [1.807, 2.05) is 12.3 Å². The first-order valence-corrected chi connectivity index (χ1v) is 9.98. The van der Waals surface area contributed by atoms with Gasteiger partial charge in [-0.25, -0.2) is 0 Å². The summed E-state index contributed by atoms with van der Waals surface area (Å²) in [6, 6.07) is 6.13. The van der Waals surface area contributed by atoms with E-state index < -0.39 is 0 Å². The Labute approximate surface area is 168 Å². The van der Waals surface area contributed by atoms with Crippen molar-refractivity contribution in [2.75, 3.05) is 27.4 Å². The van der Waals surface area contributed by atoms with Gasteiger partial charge in [0.25, 0.3) is 0 Å². The molecule has 0 spiro atoms. The van der Waals surface area contributed by atoms with Crippen LogP contribution in [-0.2, 0) is 23.2 Å². The fraction of sp³-hybridized carbons (Fsp3) is 0.591. The molecule has 3 rings (SSSR count).